The van der Waals surface area contributed by atoms with Gasteiger partial charge >= 0.3 is 12.0 Å². The van der Waals surface area contributed by atoms with Crippen molar-refractivity contribution >= 4 is 12.0 Å². The third-order valence-corrected chi connectivity index (χ3v) is 3.04. The fourth-order valence-corrected chi connectivity index (χ4v) is 1.78. The van der Waals surface area contributed by atoms with Crippen molar-refractivity contribution in [3.63, 3.8) is 0 Å². The van der Waals surface area contributed by atoms with Crippen LogP contribution in [0.25, 0.3) is 0 Å². The quantitative estimate of drug-likeness (QED) is 0.673. The van der Waals surface area contributed by atoms with Crippen molar-refractivity contribution in [3.05, 3.63) is 23.8 Å². The van der Waals surface area contributed by atoms with Crippen LogP contribution in [0.1, 0.15) is 37.7 Å². The molecule has 7 heteroatoms. The summed E-state index contributed by atoms with van der Waals surface area (Å²) in [6, 6.07) is 1.50. The molecule has 1 atom stereocenters. The van der Waals surface area contributed by atoms with Crippen LogP contribution in [0.3, 0.4) is 0 Å². The molecule has 2 amide bonds. The third-order valence-electron chi connectivity index (χ3n) is 3.04. The van der Waals surface area contributed by atoms with Gasteiger partial charge in [-0.15, -0.1) is 0 Å². The van der Waals surface area contributed by atoms with Crippen molar-refractivity contribution in [1.82, 2.24) is 20.6 Å². The van der Waals surface area contributed by atoms with Gasteiger partial charge in [0.15, 0.2) is 0 Å². The van der Waals surface area contributed by atoms with E-state index in [1.165, 1.54) is 0 Å². The number of rotatable bonds is 8. The molecule has 0 aliphatic heterocycles. The Morgan fingerprint density at radius 2 is 2.10 bits per heavy atom. The van der Waals surface area contributed by atoms with Gasteiger partial charge in [0.2, 0.25) is 0 Å². The van der Waals surface area contributed by atoms with Gasteiger partial charge < -0.3 is 15.7 Å². The smallest absolute Gasteiger partial charge is 0.315 e. The van der Waals surface area contributed by atoms with E-state index in [9.17, 15) is 9.59 Å². The predicted octanol–water partition coefficient (Wildman–Crippen LogP) is 1.48. The van der Waals surface area contributed by atoms with Crippen molar-refractivity contribution < 1.29 is 14.7 Å². The van der Waals surface area contributed by atoms with E-state index in [0.717, 1.165) is 12.1 Å². The molecular weight excluding hydrogens is 272 g/mol. The van der Waals surface area contributed by atoms with Gasteiger partial charge in [0, 0.05) is 19.2 Å². The number of aryl methyl sites for hydroxylation is 1. The molecule has 0 saturated carbocycles. The number of nitrogens with zero attached hydrogens (tertiary/aromatic N) is 2. The summed E-state index contributed by atoms with van der Waals surface area (Å²) in [5.41, 5.74) is 0.757. The van der Waals surface area contributed by atoms with Gasteiger partial charge in [-0.2, -0.15) is 0 Å². The van der Waals surface area contributed by atoms with Gasteiger partial charge in [0.1, 0.15) is 5.82 Å². The van der Waals surface area contributed by atoms with Gasteiger partial charge in [0.25, 0.3) is 0 Å². The molecule has 3 N–H and O–H groups in total. The molecule has 116 valence electrons. The topological polar surface area (TPSA) is 104 Å². The fourth-order valence-electron chi connectivity index (χ4n) is 1.78. The Hall–Kier alpha value is -2.18. The van der Waals surface area contributed by atoms with Gasteiger partial charge in [0.05, 0.1) is 12.2 Å². The molecule has 0 radical (unpaired) electrons. The fraction of sp³-hybridized carbons (Fsp3) is 0.571. The Bertz CT molecular complexity index is 479. The van der Waals surface area contributed by atoms with Crippen molar-refractivity contribution in [2.45, 2.75) is 39.7 Å². The first-order chi connectivity index (χ1) is 9.97. The number of carbonyl (C=O) groups excluding carboxylic acids is 1. The molecule has 0 spiro atoms. The Labute approximate surface area is 124 Å². The maximum atomic E-state index is 11.6. The highest BCUT2D eigenvalue weighted by Crippen LogP contribution is 2.08. The minimum absolute atomic E-state index is 0.167. The lowest BCUT2D eigenvalue weighted by molar-refractivity contribution is -0.137. The molecular formula is C14H22N4O3. The van der Waals surface area contributed by atoms with Crippen LogP contribution in [0.4, 0.5) is 4.79 Å². The molecule has 0 fully saturated rings. The zero-order chi connectivity index (χ0) is 15.7. The lowest BCUT2D eigenvalue weighted by Gasteiger charge is -2.11. The minimum Gasteiger partial charge on any atom is -0.481 e. The van der Waals surface area contributed by atoms with Crippen LogP contribution >= 0.6 is 0 Å². The summed E-state index contributed by atoms with van der Waals surface area (Å²) in [5, 5.41) is 14.0. The van der Waals surface area contributed by atoms with Crippen LogP contribution in [0.15, 0.2) is 12.3 Å². The zero-order valence-corrected chi connectivity index (χ0v) is 12.4. The molecule has 7 nitrogen and oxygen atoms in total. The Morgan fingerprint density at radius 1 is 1.33 bits per heavy atom. The number of nitrogens with one attached hydrogen (secondary N) is 2. The van der Waals surface area contributed by atoms with E-state index in [2.05, 4.69) is 20.6 Å². The second kappa shape index (κ2) is 8.89. The highest BCUT2D eigenvalue weighted by Gasteiger charge is 2.07. The largest absolute Gasteiger partial charge is 0.481 e. The van der Waals surface area contributed by atoms with E-state index in [0.29, 0.717) is 25.3 Å². The molecule has 1 heterocycles. The summed E-state index contributed by atoms with van der Waals surface area (Å²) in [4.78, 5) is 30.2. The van der Waals surface area contributed by atoms with Gasteiger partial charge in [-0.25, -0.2) is 14.8 Å². The molecule has 1 rings (SSSR count). The summed E-state index contributed by atoms with van der Waals surface area (Å²) in [5.74, 6) is 0.153. The lowest BCUT2D eigenvalue weighted by atomic mass is 10.0. The van der Waals surface area contributed by atoms with Gasteiger partial charge in [-0.1, -0.05) is 6.92 Å². The van der Waals surface area contributed by atoms with Gasteiger partial charge in [-0.3, -0.25) is 4.79 Å². The van der Waals surface area contributed by atoms with Crippen molar-refractivity contribution in [2.75, 3.05) is 6.54 Å². The normalized spacial score (nSPS) is 11.7. The number of carbonyl (C=O) groups is 2. The molecule has 21 heavy (non-hydrogen) atoms. The standard InChI is InChI=1S/C14H22N4O3/c1-10(3-4-13(19)20)5-7-16-14(21)17-9-12-6-8-15-11(2)18-12/h6,8,10H,3-5,7,9H2,1-2H3,(H,19,20)(H2,16,17,21). The van der Waals surface area contributed by atoms with E-state index >= 15 is 0 Å². The number of amides is 2. The maximum absolute atomic E-state index is 11.6. The number of carboxylic acids is 1. The molecule has 0 aliphatic carbocycles. The third kappa shape index (κ3) is 7.86. The summed E-state index contributed by atoms with van der Waals surface area (Å²) in [6.07, 6.45) is 3.20. The lowest BCUT2D eigenvalue weighted by Crippen LogP contribution is -2.36. The van der Waals surface area contributed by atoms with E-state index in [1.54, 1.807) is 19.2 Å². The SMILES string of the molecule is Cc1nccc(CNC(=O)NCCC(C)CCC(=O)O)n1. The molecule has 0 saturated heterocycles. The monoisotopic (exact) mass is 294 g/mol. The Kier molecular flexibility index (Phi) is 7.14. The first-order valence-electron chi connectivity index (χ1n) is 6.99. The average Bonchev–Trinajstić information content (AvgIpc) is 2.43. The molecule has 0 bridgehead atoms. The number of hydrogen-bond donors (Lipinski definition) is 3. The van der Waals surface area contributed by atoms with Crippen LogP contribution in [0, 0.1) is 12.8 Å². The highest BCUT2D eigenvalue weighted by molar-refractivity contribution is 5.73. The summed E-state index contributed by atoms with van der Waals surface area (Å²) in [7, 11) is 0. The van der Waals surface area contributed by atoms with Crippen LogP contribution in [-0.2, 0) is 11.3 Å². The Morgan fingerprint density at radius 3 is 2.76 bits per heavy atom. The predicted molar refractivity (Wildman–Crippen MR) is 77.7 cm³/mol. The number of aliphatic carboxylic acids is 1. The second-order valence-electron chi connectivity index (χ2n) is 5.03. The number of urea groups is 1. The summed E-state index contributed by atoms with van der Waals surface area (Å²) >= 11 is 0. The number of hydrogen-bond acceptors (Lipinski definition) is 4. The van der Waals surface area contributed by atoms with Gasteiger partial charge in [-0.05, 0) is 31.7 Å². The van der Waals surface area contributed by atoms with Crippen LogP contribution in [-0.4, -0.2) is 33.6 Å². The van der Waals surface area contributed by atoms with Crippen LogP contribution < -0.4 is 10.6 Å². The van der Waals surface area contributed by atoms with Crippen molar-refractivity contribution in [2.24, 2.45) is 5.92 Å². The zero-order valence-electron chi connectivity index (χ0n) is 12.4. The molecule has 1 aromatic rings. The first-order valence-corrected chi connectivity index (χ1v) is 6.99. The van der Waals surface area contributed by atoms with E-state index in [-0.39, 0.29) is 18.4 Å². The van der Waals surface area contributed by atoms with Crippen LogP contribution in [0.5, 0.6) is 0 Å². The second-order valence-corrected chi connectivity index (χ2v) is 5.03. The van der Waals surface area contributed by atoms with E-state index in [4.69, 9.17) is 5.11 Å². The van der Waals surface area contributed by atoms with Crippen LogP contribution in [0.2, 0.25) is 0 Å². The highest BCUT2D eigenvalue weighted by atomic mass is 16.4. The average molecular weight is 294 g/mol. The Balaban J connectivity index is 2.15. The number of carboxylic acid groups (broad SMARTS) is 1. The number of aromatic nitrogens is 2. The van der Waals surface area contributed by atoms with E-state index in [1.807, 2.05) is 6.92 Å². The maximum Gasteiger partial charge on any atom is 0.315 e. The molecule has 1 unspecified atom stereocenters. The first kappa shape index (κ1) is 16.9. The molecule has 0 aliphatic rings. The van der Waals surface area contributed by atoms with Crippen molar-refractivity contribution in [3.8, 4) is 0 Å². The summed E-state index contributed by atoms with van der Waals surface area (Å²) in [6.45, 7) is 4.65. The minimum atomic E-state index is -0.785. The van der Waals surface area contributed by atoms with Crippen molar-refractivity contribution in [1.29, 1.82) is 0 Å². The molecule has 0 aromatic carbocycles. The van der Waals surface area contributed by atoms with E-state index < -0.39 is 5.97 Å². The molecule has 1 aromatic heterocycles. The summed E-state index contributed by atoms with van der Waals surface area (Å²) < 4.78 is 0.